The molecule has 1 aromatic rings. The van der Waals surface area contributed by atoms with Crippen molar-refractivity contribution in [1.82, 2.24) is 5.32 Å². The van der Waals surface area contributed by atoms with Crippen LogP contribution in [0.25, 0.3) is 0 Å². The minimum atomic E-state index is -5.05. The maximum Gasteiger partial charge on any atom is 1.00 e. The molecule has 0 aliphatic heterocycles. The van der Waals surface area contributed by atoms with Crippen LogP contribution in [0.1, 0.15) is 25.1 Å². The average molecular weight is 317 g/mol. The van der Waals surface area contributed by atoms with Gasteiger partial charge in [0.25, 0.3) is 0 Å². The Morgan fingerprint density at radius 1 is 1.42 bits per heavy atom. The molecule has 1 rings (SSSR count). The summed E-state index contributed by atoms with van der Waals surface area (Å²) in [6, 6.07) is 3.51. The molecule has 0 aromatic carbocycles. The predicted octanol–water partition coefficient (Wildman–Crippen LogP) is 0.212. The van der Waals surface area contributed by atoms with E-state index in [0.29, 0.717) is 0 Å². The molecule has 0 saturated carbocycles. The summed E-state index contributed by atoms with van der Waals surface area (Å²) < 4.78 is 38.3. The smallest absolute Gasteiger partial charge is 0.448 e. The summed E-state index contributed by atoms with van der Waals surface area (Å²) in [6.45, 7) is -1.63. The number of nitrogens with one attached hydrogen (secondary N) is 1. The number of carbonyl (C=O) groups excluding carboxylic acids is 1. The molecule has 1 N–H and O–H groups in total. The van der Waals surface area contributed by atoms with E-state index in [1.54, 1.807) is 31.4 Å². The maximum absolute atomic E-state index is 12.8. The quantitative estimate of drug-likeness (QED) is 0.747. The Labute approximate surface area is 158 Å². The Morgan fingerprint density at radius 2 is 2.05 bits per heavy atom. The summed E-state index contributed by atoms with van der Waals surface area (Å²) in [6.07, 6.45) is -0.0574. The second-order valence-corrected chi connectivity index (χ2v) is 5.72. The molecular weight excluding hydrogens is 301 g/mol. The summed E-state index contributed by atoms with van der Waals surface area (Å²) in [7, 11) is 0. The number of amides is 1. The van der Waals surface area contributed by atoms with E-state index in [2.05, 4.69) is 5.32 Å². The van der Waals surface area contributed by atoms with Crippen LogP contribution in [0.5, 0.6) is 0 Å². The van der Waals surface area contributed by atoms with Crippen LogP contribution in [0.15, 0.2) is 17.5 Å². The minimum Gasteiger partial charge on any atom is -0.448 e. The van der Waals surface area contributed by atoms with E-state index >= 15 is 0 Å². The number of carbonyl (C=O) groups is 1. The van der Waals surface area contributed by atoms with Crippen LogP contribution in [0.3, 0.4) is 0 Å². The molecule has 0 saturated heterocycles. The second-order valence-electron chi connectivity index (χ2n) is 4.69. The van der Waals surface area contributed by atoms with Crippen molar-refractivity contribution in [3.63, 3.8) is 0 Å². The second kappa shape index (κ2) is 8.84. The van der Waals surface area contributed by atoms with Gasteiger partial charge in [-0.15, -0.1) is 11.3 Å². The van der Waals surface area contributed by atoms with Gasteiger partial charge < -0.3 is 18.3 Å². The van der Waals surface area contributed by atoms with Crippen LogP contribution >= 0.6 is 11.3 Å². The third-order valence-corrected chi connectivity index (χ3v) is 3.32. The third kappa shape index (κ3) is 7.87. The zero-order chi connectivity index (χ0) is 13.8. The third-order valence-electron chi connectivity index (χ3n) is 2.44. The predicted molar refractivity (Wildman–Crippen MR) is 68.5 cm³/mol. The van der Waals surface area contributed by atoms with E-state index in [1.807, 2.05) is 0 Å². The van der Waals surface area contributed by atoms with Crippen molar-refractivity contribution >= 4 is 24.2 Å². The van der Waals surface area contributed by atoms with Gasteiger partial charge in [0.1, 0.15) is 0 Å². The number of rotatable bonds is 6. The molecule has 0 radical (unpaired) electrons. The number of thiophene rings is 1. The Morgan fingerprint density at radius 3 is 2.47 bits per heavy atom. The summed E-state index contributed by atoms with van der Waals surface area (Å²) in [5, 5.41) is 3.89. The van der Waals surface area contributed by atoms with E-state index in [-0.39, 0.29) is 70.1 Å². The van der Waals surface area contributed by atoms with Gasteiger partial charge in [-0.3, -0.25) is 4.79 Å². The Balaban J connectivity index is 0.00000324. The van der Waals surface area contributed by atoms with E-state index in [1.165, 1.54) is 11.3 Å². The molecule has 0 bridgehead atoms. The van der Waals surface area contributed by atoms with Gasteiger partial charge in [-0.2, -0.15) is 0 Å². The van der Waals surface area contributed by atoms with Gasteiger partial charge in [0.05, 0.1) is 6.42 Å². The molecular formula is C11H16BF3KNOS. The molecule has 102 valence electrons. The van der Waals surface area contributed by atoms with Crippen LogP contribution in [0.4, 0.5) is 12.9 Å². The fourth-order valence-electron chi connectivity index (χ4n) is 1.64. The largest absolute Gasteiger partial charge is 1.00 e. The first kappa shape index (κ1) is 19.7. The van der Waals surface area contributed by atoms with Crippen LogP contribution in [-0.2, 0) is 11.2 Å². The first-order valence-corrected chi connectivity index (χ1v) is 6.68. The molecule has 2 nitrogen and oxygen atoms in total. The Hall–Kier alpha value is 0.661. The first-order chi connectivity index (χ1) is 8.29. The number of halogens is 3. The van der Waals surface area contributed by atoms with Crippen molar-refractivity contribution in [1.29, 1.82) is 0 Å². The van der Waals surface area contributed by atoms with Crippen molar-refractivity contribution in [2.45, 2.75) is 32.6 Å². The molecule has 0 spiro atoms. The molecule has 19 heavy (non-hydrogen) atoms. The molecule has 0 fully saturated rings. The normalized spacial score (nSPS) is 12.9. The fourth-order valence-corrected chi connectivity index (χ4v) is 2.35. The Bertz CT molecular complexity index is 384. The first-order valence-electron chi connectivity index (χ1n) is 5.80. The zero-order valence-corrected chi connectivity index (χ0v) is 15.3. The monoisotopic (exact) mass is 317 g/mol. The van der Waals surface area contributed by atoms with Crippen LogP contribution in [0, 0.1) is 5.92 Å². The van der Waals surface area contributed by atoms with E-state index in [9.17, 15) is 17.7 Å². The van der Waals surface area contributed by atoms with Gasteiger partial charge in [-0.25, -0.2) is 0 Å². The van der Waals surface area contributed by atoms with Gasteiger partial charge in [-0.05, 0) is 23.3 Å². The number of hydrogen-bond acceptors (Lipinski definition) is 2. The van der Waals surface area contributed by atoms with Crippen molar-refractivity contribution < 1.29 is 69.1 Å². The molecule has 0 aliphatic carbocycles. The van der Waals surface area contributed by atoms with Gasteiger partial charge in [0.2, 0.25) is 5.91 Å². The van der Waals surface area contributed by atoms with Crippen LogP contribution < -0.4 is 56.7 Å². The number of hydrogen-bond donors (Lipinski definition) is 1. The molecule has 1 atom stereocenters. The van der Waals surface area contributed by atoms with Crippen LogP contribution in [-0.4, -0.2) is 18.8 Å². The summed E-state index contributed by atoms with van der Waals surface area (Å²) in [5.74, 6) is -2.37. The zero-order valence-electron chi connectivity index (χ0n) is 11.3. The summed E-state index contributed by atoms with van der Waals surface area (Å²) in [5.41, 5.74) is 0. The van der Waals surface area contributed by atoms with E-state index in [4.69, 9.17) is 0 Å². The topological polar surface area (TPSA) is 29.1 Å². The molecule has 1 unspecified atom stereocenters. The molecule has 0 aliphatic rings. The maximum atomic E-state index is 12.8. The van der Waals surface area contributed by atoms with E-state index in [0.717, 1.165) is 4.88 Å². The fraction of sp³-hybridized carbons (Fsp3) is 0.545. The van der Waals surface area contributed by atoms with Crippen LogP contribution in [0.2, 0.25) is 0 Å². The average Bonchev–Trinajstić information content (AvgIpc) is 2.67. The minimum absolute atomic E-state index is 0. The van der Waals surface area contributed by atoms with Gasteiger partial charge in [0, 0.05) is 4.88 Å². The molecule has 1 heterocycles. The molecule has 8 heteroatoms. The van der Waals surface area contributed by atoms with Crippen molar-refractivity contribution in [2.75, 3.05) is 0 Å². The van der Waals surface area contributed by atoms with Gasteiger partial charge >= 0.3 is 58.4 Å². The van der Waals surface area contributed by atoms with Gasteiger partial charge in [-0.1, -0.05) is 26.3 Å². The summed E-state index contributed by atoms with van der Waals surface area (Å²) >= 11 is 1.36. The SMILES string of the molecule is CC(C)CC(NC(=O)Cc1cccs1)[B-](F)(F)F.[K+]. The van der Waals surface area contributed by atoms with Crippen molar-refractivity contribution in [3.8, 4) is 0 Å². The van der Waals surface area contributed by atoms with Crippen molar-refractivity contribution in [2.24, 2.45) is 5.92 Å². The summed E-state index contributed by atoms with van der Waals surface area (Å²) in [4.78, 5) is 12.3. The van der Waals surface area contributed by atoms with Gasteiger partial charge in [0.15, 0.2) is 0 Å². The standard InChI is InChI=1S/C11H16BF3NOS.K/c1-8(2)6-10(12(13,14)15)16-11(17)7-9-4-3-5-18-9;/h3-5,8,10H,6-7H2,1-2H3,(H,16,17);/q-1;+1. The Kier molecular flexibility index (Phi) is 9.15. The van der Waals surface area contributed by atoms with E-state index < -0.39 is 18.8 Å². The molecule has 1 amide bonds. The molecule has 1 aromatic heterocycles. The van der Waals surface area contributed by atoms with Crippen molar-refractivity contribution in [3.05, 3.63) is 22.4 Å².